The van der Waals surface area contributed by atoms with Gasteiger partial charge in [-0.25, -0.2) is 0 Å². The van der Waals surface area contributed by atoms with E-state index in [1.807, 2.05) is 20.8 Å². The van der Waals surface area contributed by atoms with Gasteiger partial charge in [0.2, 0.25) is 0 Å². The maximum Gasteiger partial charge on any atom is 0.0670 e. The number of oxime groups is 1. The molecule has 2 heteroatoms. The Morgan fingerprint density at radius 3 is 2.20 bits per heavy atom. The molecule has 0 aromatic heterocycles. The molecule has 0 heterocycles. The number of hydrogen-bond donors (Lipinski definition) is 1. The summed E-state index contributed by atoms with van der Waals surface area (Å²) in [5, 5.41) is 12.4. The number of hydrogen-bond acceptors (Lipinski definition) is 2. The molecule has 0 amide bonds. The lowest BCUT2D eigenvalue weighted by Gasteiger charge is -2.25. The average Bonchev–Trinajstić information content (AvgIpc) is 2.11. The van der Waals surface area contributed by atoms with Crippen molar-refractivity contribution in [2.24, 2.45) is 10.6 Å². The van der Waals surface area contributed by atoms with E-state index in [2.05, 4.69) is 31.7 Å². The van der Waals surface area contributed by atoms with Crippen LogP contribution < -0.4 is 0 Å². The molecule has 0 bridgehead atoms. The molecule has 0 aromatic carbocycles. The van der Waals surface area contributed by atoms with E-state index in [1.54, 1.807) is 0 Å². The van der Waals surface area contributed by atoms with Crippen LogP contribution in [0.2, 0.25) is 0 Å². The van der Waals surface area contributed by atoms with Crippen molar-refractivity contribution < 1.29 is 5.21 Å². The highest BCUT2D eigenvalue weighted by atomic mass is 16.4. The summed E-state index contributed by atoms with van der Waals surface area (Å²) in [4.78, 5) is 0. The molecular weight excluding hydrogens is 186 g/mol. The van der Waals surface area contributed by atoms with Crippen LogP contribution in [0, 0.1) is 5.41 Å². The zero-order valence-electron chi connectivity index (χ0n) is 10.6. The Bertz CT molecular complexity index is 281. The number of nitrogens with zero attached hydrogens (tertiary/aromatic N) is 1. The Balaban J connectivity index is 4.54. The molecule has 1 N–H and O–H groups in total. The lowest BCUT2D eigenvalue weighted by atomic mass is 9.79. The SMILES string of the molecule is C=C(C)C(C)(C)C(CCC=C(C)C)=NO. The van der Waals surface area contributed by atoms with Crippen molar-refractivity contribution >= 4 is 5.71 Å². The second-order valence-corrected chi connectivity index (χ2v) is 4.77. The van der Waals surface area contributed by atoms with Crippen LogP contribution in [0.1, 0.15) is 47.5 Å². The highest BCUT2D eigenvalue weighted by Crippen LogP contribution is 2.28. The van der Waals surface area contributed by atoms with Crippen LogP contribution >= 0.6 is 0 Å². The van der Waals surface area contributed by atoms with Gasteiger partial charge in [-0.15, -0.1) is 0 Å². The van der Waals surface area contributed by atoms with Crippen molar-refractivity contribution in [3.8, 4) is 0 Å². The Kier molecular flexibility index (Phi) is 5.34. The molecule has 15 heavy (non-hydrogen) atoms. The second-order valence-electron chi connectivity index (χ2n) is 4.77. The molecule has 0 saturated carbocycles. The topological polar surface area (TPSA) is 32.6 Å². The van der Waals surface area contributed by atoms with E-state index in [4.69, 9.17) is 5.21 Å². The standard InChI is InChI=1S/C13H23NO/c1-10(2)8-7-9-12(14-15)13(5,6)11(3)4/h8,15H,3,7,9H2,1-2,4-6H3. The highest BCUT2D eigenvalue weighted by Gasteiger charge is 2.25. The Morgan fingerprint density at radius 2 is 1.87 bits per heavy atom. The van der Waals surface area contributed by atoms with Gasteiger partial charge in [0.25, 0.3) is 0 Å². The van der Waals surface area contributed by atoms with E-state index in [-0.39, 0.29) is 5.41 Å². The van der Waals surface area contributed by atoms with Gasteiger partial charge in [-0.2, -0.15) is 0 Å². The van der Waals surface area contributed by atoms with Gasteiger partial charge in [-0.3, -0.25) is 0 Å². The molecule has 0 aliphatic heterocycles. The van der Waals surface area contributed by atoms with Gasteiger partial charge in [-0.1, -0.05) is 42.8 Å². The lowest BCUT2D eigenvalue weighted by molar-refractivity contribution is 0.310. The van der Waals surface area contributed by atoms with Gasteiger partial charge in [0, 0.05) is 5.41 Å². The predicted octanol–water partition coefficient (Wildman–Crippen LogP) is 4.17. The van der Waals surface area contributed by atoms with Crippen LogP contribution in [-0.2, 0) is 0 Å². The first-order valence-corrected chi connectivity index (χ1v) is 5.33. The Labute approximate surface area is 93.4 Å². The van der Waals surface area contributed by atoms with Gasteiger partial charge >= 0.3 is 0 Å². The third-order valence-electron chi connectivity index (χ3n) is 2.84. The molecule has 0 aromatic rings. The van der Waals surface area contributed by atoms with E-state index in [1.165, 1.54) is 5.57 Å². The van der Waals surface area contributed by atoms with Crippen LogP contribution in [0.3, 0.4) is 0 Å². The molecule has 0 aliphatic rings. The first kappa shape index (κ1) is 13.9. The molecule has 0 radical (unpaired) electrons. The fourth-order valence-corrected chi connectivity index (χ4v) is 1.23. The van der Waals surface area contributed by atoms with Gasteiger partial charge in [0.05, 0.1) is 5.71 Å². The van der Waals surface area contributed by atoms with Gasteiger partial charge in [0.15, 0.2) is 0 Å². The highest BCUT2D eigenvalue weighted by molar-refractivity contribution is 5.91. The van der Waals surface area contributed by atoms with Crippen molar-refractivity contribution in [1.82, 2.24) is 0 Å². The number of rotatable bonds is 5. The fourth-order valence-electron chi connectivity index (χ4n) is 1.23. The summed E-state index contributed by atoms with van der Waals surface area (Å²) in [6.45, 7) is 14.1. The molecule has 0 saturated heterocycles. The average molecular weight is 209 g/mol. The maximum absolute atomic E-state index is 9.00. The summed E-state index contributed by atoms with van der Waals surface area (Å²) in [6.07, 6.45) is 3.85. The van der Waals surface area contributed by atoms with Crippen LogP contribution in [0.25, 0.3) is 0 Å². The van der Waals surface area contributed by atoms with Crippen LogP contribution in [0.4, 0.5) is 0 Å². The third-order valence-corrected chi connectivity index (χ3v) is 2.84. The van der Waals surface area contributed by atoms with Crippen molar-refractivity contribution in [2.45, 2.75) is 47.5 Å². The van der Waals surface area contributed by atoms with E-state index in [0.717, 1.165) is 24.1 Å². The van der Waals surface area contributed by atoms with E-state index in [0.29, 0.717) is 0 Å². The predicted molar refractivity (Wildman–Crippen MR) is 66.5 cm³/mol. The van der Waals surface area contributed by atoms with Crippen molar-refractivity contribution in [1.29, 1.82) is 0 Å². The summed E-state index contributed by atoms with van der Waals surface area (Å²) >= 11 is 0. The van der Waals surface area contributed by atoms with E-state index >= 15 is 0 Å². The summed E-state index contributed by atoms with van der Waals surface area (Å²) in [5.74, 6) is 0. The molecule has 0 aliphatic carbocycles. The molecule has 86 valence electrons. The van der Waals surface area contributed by atoms with Crippen molar-refractivity contribution in [3.63, 3.8) is 0 Å². The first-order valence-electron chi connectivity index (χ1n) is 5.33. The lowest BCUT2D eigenvalue weighted by Crippen LogP contribution is -2.25. The normalized spacial score (nSPS) is 12.5. The van der Waals surface area contributed by atoms with Crippen LogP contribution in [-0.4, -0.2) is 10.9 Å². The maximum atomic E-state index is 9.00. The fraction of sp³-hybridized carbons (Fsp3) is 0.615. The van der Waals surface area contributed by atoms with Crippen molar-refractivity contribution in [2.75, 3.05) is 0 Å². The summed E-state index contributed by atoms with van der Waals surface area (Å²) < 4.78 is 0. The van der Waals surface area contributed by atoms with Crippen LogP contribution in [0.5, 0.6) is 0 Å². The molecular formula is C13H23NO. The molecule has 0 spiro atoms. The summed E-state index contributed by atoms with van der Waals surface area (Å²) in [7, 11) is 0. The van der Waals surface area contributed by atoms with Gasteiger partial charge < -0.3 is 5.21 Å². The summed E-state index contributed by atoms with van der Waals surface area (Å²) in [6, 6.07) is 0. The minimum Gasteiger partial charge on any atom is -0.411 e. The monoisotopic (exact) mass is 209 g/mol. The molecule has 0 unspecified atom stereocenters. The Hall–Kier alpha value is -1.05. The quantitative estimate of drug-likeness (QED) is 0.313. The van der Waals surface area contributed by atoms with Crippen LogP contribution in [0.15, 0.2) is 29.0 Å². The van der Waals surface area contributed by atoms with Gasteiger partial charge in [-0.05, 0) is 33.6 Å². The molecule has 2 nitrogen and oxygen atoms in total. The second kappa shape index (κ2) is 5.74. The Morgan fingerprint density at radius 1 is 1.33 bits per heavy atom. The zero-order valence-corrected chi connectivity index (χ0v) is 10.6. The van der Waals surface area contributed by atoms with E-state index < -0.39 is 0 Å². The molecule has 0 rings (SSSR count). The smallest absolute Gasteiger partial charge is 0.0670 e. The number of allylic oxidation sites excluding steroid dienone is 3. The minimum absolute atomic E-state index is 0.218. The first-order chi connectivity index (χ1) is 6.82. The van der Waals surface area contributed by atoms with E-state index in [9.17, 15) is 0 Å². The molecule has 0 atom stereocenters. The minimum atomic E-state index is -0.218. The zero-order chi connectivity index (χ0) is 12.1. The van der Waals surface area contributed by atoms with Gasteiger partial charge in [0.1, 0.15) is 0 Å². The van der Waals surface area contributed by atoms with Crippen molar-refractivity contribution in [3.05, 3.63) is 23.8 Å². The molecule has 0 fully saturated rings. The third kappa shape index (κ3) is 4.32. The largest absolute Gasteiger partial charge is 0.411 e. The summed E-state index contributed by atoms with van der Waals surface area (Å²) in [5.41, 5.74) is 2.89.